The van der Waals surface area contributed by atoms with Gasteiger partial charge in [0.25, 0.3) is 0 Å². The summed E-state index contributed by atoms with van der Waals surface area (Å²) in [4.78, 5) is 24.6. The molecule has 2 fully saturated rings. The molecule has 0 radical (unpaired) electrons. The highest BCUT2D eigenvalue weighted by molar-refractivity contribution is 5.75. The Morgan fingerprint density at radius 2 is 2.06 bits per heavy atom. The molecule has 1 saturated carbocycles. The summed E-state index contributed by atoms with van der Waals surface area (Å²) in [6.07, 6.45) is 3.86. The molecule has 6 heteroatoms. The molecule has 1 saturated heterocycles. The van der Waals surface area contributed by atoms with Crippen LogP contribution in [0.2, 0.25) is 0 Å². The molecule has 0 aromatic carbocycles. The molecule has 3 atom stereocenters. The van der Waals surface area contributed by atoms with E-state index in [0.717, 1.165) is 25.8 Å². The summed E-state index contributed by atoms with van der Waals surface area (Å²) in [5.41, 5.74) is 5.83. The van der Waals surface area contributed by atoms with Crippen LogP contribution in [0.5, 0.6) is 0 Å². The molecule has 102 valence electrons. The van der Waals surface area contributed by atoms with Crippen LogP contribution in [0, 0.1) is 5.92 Å². The number of carboxylic acid groups (broad SMARTS) is 1. The number of piperidine rings is 1. The number of carbonyl (C=O) groups is 2. The maximum Gasteiger partial charge on any atom is 0.317 e. The van der Waals surface area contributed by atoms with Gasteiger partial charge in [0.15, 0.2) is 0 Å². The Labute approximate surface area is 107 Å². The van der Waals surface area contributed by atoms with Crippen LogP contribution >= 0.6 is 0 Å². The normalized spacial score (nSPS) is 32.3. The molecule has 1 aliphatic carbocycles. The lowest BCUT2D eigenvalue weighted by Crippen LogP contribution is -2.51. The van der Waals surface area contributed by atoms with Crippen molar-refractivity contribution < 1.29 is 14.7 Å². The van der Waals surface area contributed by atoms with Gasteiger partial charge in [0.05, 0.1) is 5.92 Å². The van der Waals surface area contributed by atoms with Gasteiger partial charge in [0.1, 0.15) is 0 Å². The second-order valence-electron chi connectivity index (χ2n) is 5.34. The predicted molar refractivity (Wildman–Crippen MR) is 66.1 cm³/mol. The fourth-order valence-corrected chi connectivity index (χ4v) is 2.80. The maximum atomic E-state index is 12.0. The van der Waals surface area contributed by atoms with Crippen molar-refractivity contribution >= 4 is 12.0 Å². The minimum absolute atomic E-state index is 0.00301. The van der Waals surface area contributed by atoms with E-state index in [2.05, 4.69) is 5.32 Å². The third-order valence-corrected chi connectivity index (χ3v) is 3.85. The SMILES string of the molecule is NC1CCCN(C(=O)N[C@H]2CC[C@@H](C(=O)O)C2)C1. The van der Waals surface area contributed by atoms with E-state index in [-0.39, 0.29) is 24.0 Å². The number of nitrogens with zero attached hydrogens (tertiary/aromatic N) is 1. The van der Waals surface area contributed by atoms with Crippen LogP contribution in [0.4, 0.5) is 4.79 Å². The van der Waals surface area contributed by atoms with Crippen molar-refractivity contribution in [1.29, 1.82) is 0 Å². The van der Waals surface area contributed by atoms with Crippen LogP contribution in [0.25, 0.3) is 0 Å². The van der Waals surface area contributed by atoms with Crippen molar-refractivity contribution in [3.8, 4) is 0 Å². The van der Waals surface area contributed by atoms with Crippen LogP contribution in [0.1, 0.15) is 32.1 Å². The Morgan fingerprint density at radius 3 is 2.67 bits per heavy atom. The Bertz CT molecular complexity index is 335. The monoisotopic (exact) mass is 255 g/mol. The number of aliphatic carboxylic acids is 1. The van der Waals surface area contributed by atoms with E-state index in [0.29, 0.717) is 19.4 Å². The lowest BCUT2D eigenvalue weighted by Gasteiger charge is -2.31. The van der Waals surface area contributed by atoms with Crippen LogP contribution < -0.4 is 11.1 Å². The van der Waals surface area contributed by atoms with Gasteiger partial charge in [-0.1, -0.05) is 0 Å². The van der Waals surface area contributed by atoms with Crippen molar-refractivity contribution in [3.05, 3.63) is 0 Å². The Morgan fingerprint density at radius 1 is 1.28 bits per heavy atom. The number of likely N-dealkylation sites (tertiary alicyclic amines) is 1. The third kappa shape index (κ3) is 3.13. The van der Waals surface area contributed by atoms with Crippen molar-refractivity contribution in [2.24, 2.45) is 11.7 Å². The van der Waals surface area contributed by atoms with Crippen LogP contribution in [0.15, 0.2) is 0 Å². The topological polar surface area (TPSA) is 95.7 Å². The van der Waals surface area contributed by atoms with Gasteiger partial charge in [-0.2, -0.15) is 0 Å². The van der Waals surface area contributed by atoms with Crippen molar-refractivity contribution in [1.82, 2.24) is 10.2 Å². The number of nitrogens with two attached hydrogens (primary N) is 1. The molecule has 4 N–H and O–H groups in total. The first-order valence-corrected chi connectivity index (χ1v) is 6.60. The van der Waals surface area contributed by atoms with Crippen molar-refractivity contribution in [3.63, 3.8) is 0 Å². The van der Waals surface area contributed by atoms with E-state index >= 15 is 0 Å². The molecule has 1 heterocycles. The number of hydrogen-bond acceptors (Lipinski definition) is 3. The molecule has 2 rings (SSSR count). The van der Waals surface area contributed by atoms with Gasteiger partial charge in [-0.15, -0.1) is 0 Å². The fourth-order valence-electron chi connectivity index (χ4n) is 2.80. The average molecular weight is 255 g/mol. The summed E-state index contributed by atoms with van der Waals surface area (Å²) in [5.74, 6) is -1.06. The summed E-state index contributed by atoms with van der Waals surface area (Å²) in [6, 6.07) is -0.0298. The van der Waals surface area contributed by atoms with E-state index in [9.17, 15) is 9.59 Å². The molecule has 6 nitrogen and oxygen atoms in total. The molecular formula is C12H21N3O3. The maximum absolute atomic E-state index is 12.0. The third-order valence-electron chi connectivity index (χ3n) is 3.85. The second kappa shape index (κ2) is 5.56. The number of carbonyl (C=O) groups excluding carboxylic acids is 1. The number of carboxylic acids is 1. The minimum atomic E-state index is -0.758. The predicted octanol–water partition coefficient (Wildman–Crippen LogP) is 0.372. The van der Waals surface area contributed by atoms with Crippen LogP contribution in [0.3, 0.4) is 0 Å². The van der Waals surface area contributed by atoms with E-state index in [4.69, 9.17) is 10.8 Å². The summed E-state index contributed by atoms with van der Waals surface area (Å²) in [5, 5.41) is 11.8. The molecule has 0 spiro atoms. The molecule has 2 amide bonds. The average Bonchev–Trinajstić information content (AvgIpc) is 2.77. The number of nitrogens with one attached hydrogen (secondary N) is 1. The quantitative estimate of drug-likeness (QED) is 0.664. The highest BCUT2D eigenvalue weighted by atomic mass is 16.4. The van der Waals surface area contributed by atoms with E-state index in [1.165, 1.54) is 0 Å². The van der Waals surface area contributed by atoms with Gasteiger partial charge in [-0.25, -0.2) is 4.79 Å². The van der Waals surface area contributed by atoms with Gasteiger partial charge < -0.3 is 21.1 Å². The molecule has 0 aromatic rings. The zero-order valence-electron chi connectivity index (χ0n) is 10.5. The minimum Gasteiger partial charge on any atom is -0.481 e. The summed E-state index contributed by atoms with van der Waals surface area (Å²) < 4.78 is 0. The Kier molecular flexibility index (Phi) is 4.06. The summed E-state index contributed by atoms with van der Waals surface area (Å²) >= 11 is 0. The molecule has 1 aliphatic heterocycles. The van der Waals surface area contributed by atoms with E-state index < -0.39 is 5.97 Å². The van der Waals surface area contributed by atoms with Crippen LogP contribution in [-0.4, -0.2) is 47.2 Å². The lowest BCUT2D eigenvalue weighted by molar-refractivity contribution is -0.141. The molecule has 0 bridgehead atoms. The Balaban J connectivity index is 1.79. The van der Waals surface area contributed by atoms with E-state index in [1.54, 1.807) is 4.90 Å². The molecule has 2 aliphatic rings. The van der Waals surface area contributed by atoms with Crippen molar-refractivity contribution in [2.45, 2.75) is 44.2 Å². The highest BCUT2D eigenvalue weighted by Gasteiger charge is 2.32. The summed E-state index contributed by atoms with van der Waals surface area (Å²) in [7, 11) is 0. The first-order chi connectivity index (χ1) is 8.56. The first-order valence-electron chi connectivity index (χ1n) is 6.60. The second-order valence-corrected chi connectivity index (χ2v) is 5.34. The first kappa shape index (κ1) is 13.1. The fraction of sp³-hybridized carbons (Fsp3) is 0.833. The van der Waals surface area contributed by atoms with Gasteiger partial charge >= 0.3 is 12.0 Å². The summed E-state index contributed by atoms with van der Waals surface area (Å²) in [6.45, 7) is 1.34. The number of urea groups is 1. The number of amides is 2. The lowest BCUT2D eigenvalue weighted by atomic mass is 10.1. The highest BCUT2D eigenvalue weighted by Crippen LogP contribution is 2.25. The molecular weight excluding hydrogens is 234 g/mol. The van der Waals surface area contributed by atoms with Gasteiger partial charge in [-0.05, 0) is 32.1 Å². The zero-order chi connectivity index (χ0) is 13.1. The van der Waals surface area contributed by atoms with E-state index in [1.807, 2.05) is 0 Å². The largest absolute Gasteiger partial charge is 0.481 e. The molecule has 0 aromatic heterocycles. The smallest absolute Gasteiger partial charge is 0.317 e. The standard InChI is InChI=1S/C12H21N3O3/c13-9-2-1-5-15(7-9)12(18)14-10-4-3-8(6-10)11(16)17/h8-10H,1-7,13H2,(H,14,18)(H,16,17)/t8-,9?,10+/m1/s1. The Hall–Kier alpha value is -1.30. The van der Waals surface area contributed by atoms with Crippen molar-refractivity contribution in [2.75, 3.05) is 13.1 Å². The van der Waals surface area contributed by atoms with Gasteiger partial charge in [0, 0.05) is 25.2 Å². The van der Waals surface area contributed by atoms with Gasteiger partial charge in [-0.3, -0.25) is 4.79 Å². The number of hydrogen-bond donors (Lipinski definition) is 3. The van der Waals surface area contributed by atoms with Crippen LogP contribution in [-0.2, 0) is 4.79 Å². The number of rotatable bonds is 2. The van der Waals surface area contributed by atoms with Gasteiger partial charge in [0.2, 0.25) is 0 Å². The zero-order valence-corrected chi connectivity index (χ0v) is 10.5. The molecule has 1 unspecified atom stereocenters. The molecule has 18 heavy (non-hydrogen) atoms.